The summed E-state index contributed by atoms with van der Waals surface area (Å²) in [6.45, 7) is 7.83. The van der Waals surface area contributed by atoms with Crippen LogP contribution in [0.1, 0.15) is 72.5 Å². The van der Waals surface area contributed by atoms with E-state index in [1.807, 2.05) is 4.90 Å². The monoisotopic (exact) mass is 332 g/mol. The highest BCUT2D eigenvalue weighted by Crippen LogP contribution is 2.30. The predicted molar refractivity (Wildman–Crippen MR) is 92.0 cm³/mol. The Hall–Kier alpha value is -1.69. The predicted octanol–water partition coefficient (Wildman–Crippen LogP) is 3.57. The fourth-order valence-electron chi connectivity index (χ4n) is 2.94. The zero-order chi connectivity index (χ0) is 16.4. The molecule has 1 unspecified atom stereocenters. The Bertz CT molecular complexity index is 676. The van der Waals surface area contributed by atoms with Gasteiger partial charge in [-0.15, -0.1) is 11.3 Å². The zero-order valence-electron chi connectivity index (χ0n) is 14.0. The van der Waals surface area contributed by atoms with Gasteiger partial charge in [0.2, 0.25) is 0 Å². The molecule has 1 amide bonds. The highest BCUT2D eigenvalue weighted by atomic mass is 32.1. The number of aryl methyl sites for hydroxylation is 1. The van der Waals surface area contributed by atoms with E-state index in [2.05, 4.69) is 36.1 Å². The highest BCUT2D eigenvalue weighted by Gasteiger charge is 2.28. The number of nitrogens with zero attached hydrogens (tertiary/aromatic N) is 3. The number of nitrogens with one attached hydrogen (secondary N) is 1. The van der Waals surface area contributed by atoms with Crippen LogP contribution in [-0.4, -0.2) is 38.8 Å². The fourth-order valence-corrected chi connectivity index (χ4v) is 3.98. The van der Waals surface area contributed by atoms with Crippen molar-refractivity contribution in [3.8, 4) is 0 Å². The summed E-state index contributed by atoms with van der Waals surface area (Å²) in [5, 5.41) is 3.31. The molecule has 1 aliphatic heterocycles. The number of hydrogen-bond donors (Lipinski definition) is 1. The van der Waals surface area contributed by atoms with Crippen molar-refractivity contribution >= 4 is 17.2 Å². The Kier molecular flexibility index (Phi) is 4.80. The van der Waals surface area contributed by atoms with Crippen LogP contribution in [0.3, 0.4) is 0 Å². The number of likely N-dealkylation sites (tertiary alicyclic amines) is 1. The maximum absolute atomic E-state index is 12.7. The van der Waals surface area contributed by atoms with Crippen LogP contribution in [0.25, 0.3) is 0 Å². The molecule has 6 heteroatoms. The number of carbonyl (C=O) groups is 1. The lowest BCUT2D eigenvalue weighted by atomic mass is 9.98. The first-order valence-electron chi connectivity index (χ1n) is 8.37. The number of aromatic amines is 1. The number of hydrogen-bond acceptors (Lipinski definition) is 4. The summed E-state index contributed by atoms with van der Waals surface area (Å²) >= 11 is 1.73. The van der Waals surface area contributed by atoms with Crippen molar-refractivity contribution in [2.24, 2.45) is 0 Å². The third-order valence-corrected chi connectivity index (χ3v) is 5.42. The van der Waals surface area contributed by atoms with Crippen LogP contribution in [0.2, 0.25) is 0 Å². The maximum atomic E-state index is 12.7. The van der Waals surface area contributed by atoms with Crippen LogP contribution >= 0.6 is 11.3 Å². The average Bonchev–Trinajstić information content (AvgIpc) is 3.23. The molecule has 3 heterocycles. The number of H-pyrrole nitrogens is 1. The smallest absolute Gasteiger partial charge is 0.271 e. The molecule has 5 nitrogen and oxygen atoms in total. The van der Waals surface area contributed by atoms with Gasteiger partial charge in [-0.1, -0.05) is 20.8 Å². The molecular weight excluding hydrogens is 308 g/mol. The minimum Gasteiger partial charge on any atom is -0.338 e. The van der Waals surface area contributed by atoms with Crippen molar-refractivity contribution in [1.82, 2.24) is 19.9 Å². The van der Waals surface area contributed by atoms with Gasteiger partial charge in [0.05, 0.1) is 16.9 Å². The SMILES string of the molecule is CCc1csc(C2CCCN(C(=O)c3cnc(C(C)C)[nH]3)C2)n1. The molecule has 1 atom stereocenters. The van der Waals surface area contributed by atoms with Gasteiger partial charge in [-0.25, -0.2) is 9.97 Å². The second-order valence-corrected chi connectivity index (χ2v) is 7.35. The minimum absolute atomic E-state index is 0.0568. The average molecular weight is 332 g/mol. The lowest BCUT2D eigenvalue weighted by Gasteiger charge is -2.31. The van der Waals surface area contributed by atoms with E-state index in [0.29, 0.717) is 17.5 Å². The van der Waals surface area contributed by atoms with E-state index in [-0.39, 0.29) is 5.91 Å². The topological polar surface area (TPSA) is 61.9 Å². The summed E-state index contributed by atoms with van der Waals surface area (Å²) in [4.78, 5) is 26.8. The molecule has 2 aromatic rings. The normalized spacial score (nSPS) is 18.6. The lowest BCUT2D eigenvalue weighted by Crippen LogP contribution is -2.39. The molecule has 1 saturated heterocycles. The molecule has 23 heavy (non-hydrogen) atoms. The number of amides is 1. The summed E-state index contributed by atoms with van der Waals surface area (Å²) in [5.74, 6) is 1.59. The number of piperidine rings is 1. The molecule has 0 radical (unpaired) electrons. The van der Waals surface area contributed by atoms with Gasteiger partial charge in [0, 0.05) is 30.3 Å². The van der Waals surface area contributed by atoms with Crippen molar-refractivity contribution in [2.45, 2.75) is 51.9 Å². The Morgan fingerprint density at radius 2 is 2.35 bits per heavy atom. The van der Waals surface area contributed by atoms with Gasteiger partial charge in [0.25, 0.3) is 5.91 Å². The zero-order valence-corrected chi connectivity index (χ0v) is 14.8. The van der Waals surface area contributed by atoms with Gasteiger partial charge in [-0.3, -0.25) is 4.79 Å². The molecule has 2 aromatic heterocycles. The Balaban J connectivity index is 1.70. The van der Waals surface area contributed by atoms with Crippen molar-refractivity contribution in [3.63, 3.8) is 0 Å². The molecule has 0 aromatic carbocycles. The van der Waals surface area contributed by atoms with Crippen LogP contribution in [0, 0.1) is 0 Å². The maximum Gasteiger partial charge on any atom is 0.271 e. The van der Waals surface area contributed by atoms with E-state index in [1.54, 1.807) is 17.5 Å². The van der Waals surface area contributed by atoms with Crippen LogP contribution in [0.5, 0.6) is 0 Å². The second kappa shape index (κ2) is 6.83. The fraction of sp³-hybridized carbons (Fsp3) is 0.588. The van der Waals surface area contributed by atoms with Gasteiger partial charge in [-0.2, -0.15) is 0 Å². The highest BCUT2D eigenvalue weighted by molar-refractivity contribution is 7.09. The lowest BCUT2D eigenvalue weighted by molar-refractivity contribution is 0.0701. The van der Waals surface area contributed by atoms with Gasteiger partial charge in [0.15, 0.2) is 0 Å². The van der Waals surface area contributed by atoms with Gasteiger partial charge >= 0.3 is 0 Å². The van der Waals surface area contributed by atoms with E-state index in [9.17, 15) is 4.79 Å². The molecule has 1 aliphatic rings. The first kappa shape index (κ1) is 16.2. The quantitative estimate of drug-likeness (QED) is 0.931. The molecule has 1 fully saturated rings. The van der Waals surface area contributed by atoms with Crippen molar-refractivity contribution < 1.29 is 4.79 Å². The van der Waals surface area contributed by atoms with E-state index in [0.717, 1.165) is 43.9 Å². The second-order valence-electron chi connectivity index (χ2n) is 6.46. The molecule has 0 aliphatic carbocycles. The first-order valence-corrected chi connectivity index (χ1v) is 9.25. The summed E-state index contributed by atoms with van der Waals surface area (Å²) < 4.78 is 0. The van der Waals surface area contributed by atoms with Crippen LogP contribution in [-0.2, 0) is 6.42 Å². The molecule has 0 bridgehead atoms. The number of aromatic nitrogens is 3. The van der Waals surface area contributed by atoms with Crippen molar-refractivity contribution in [1.29, 1.82) is 0 Å². The number of imidazole rings is 1. The third kappa shape index (κ3) is 3.47. The van der Waals surface area contributed by atoms with Crippen LogP contribution in [0.4, 0.5) is 0 Å². The van der Waals surface area contributed by atoms with E-state index >= 15 is 0 Å². The van der Waals surface area contributed by atoms with E-state index in [4.69, 9.17) is 4.98 Å². The Morgan fingerprint density at radius 3 is 3.00 bits per heavy atom. The molecule has 1 N–H and O–H groups in total. The Labute approximate surface area is 141 Å². The number of rotatable bonds is 4. The summed E-state index contributed by atoms with van der Waals surface area (Å²) in [5.41, 5.74) is 1.76. The number of carbonyl (C=O) groups excluding carboxylic acids is 1. The summed E-state index contributed by atoms with van der Waals surface area (Å²) in [6.07, 6.45) is 4.78. The summed E-state index contributed by atoms with van der Waals surface area (Å²) in [6, 6.07) is 0. The van der Waals surface area contributed by atoms with Gasteiger partial charge in [0.1, 0.15) is 11.5 Å². The van der Waals surface area contributed by atoms with Crippen molar-refractivity contribution in [3.05, 3.63) is 33.8 Å². The standard InChI is InChI=1S/C17H24N4OS/c1-4-13-10-23-16(19-13)12-6-5-7-21(9-12)17(22)14-8-18-15(20-14)11(2)3/h8,10-12H,4-7,9H2,1-3H3,(H,18,20). The minimum atomic E-state index is 0.0568. The van der Waals surface area contributed by atoms with Gasteiger partial charge < -0.3 is 9.88 Å². The summed E-state index contributed by atoms with van der Waals surface area (Å²) in [7, 11) is 0. The molecular formula is C17H24N4OS. The van der Waals surface area contributed by atoms with Crippen LogP contribution in [0.15, 0.2) is 11.6 Å². The molecule has 0 saturated carbocycles. The Morgan fingerprint density at radius 1 is 1.52 bits per heavy atom. The molecule has 0 spiro atoms. The van der Waals surface area contributed by atoms with Crippen molar-refractivity contribution in [2.75, 3.05) is 13.1 Å². The van der Waals surface area contributed by atoms with Gasteiger partial charge in [-0.05, 0) is 19.3 Å². The third-order valence-electron chi connectivity index (χ3n) is 4.36. The molecule has 124 valence electrons. The largest absolute Gasteiger partial charge is 0.338 e. The van der Waals surface area contributed by atoms with E-state index < -0.39 is 0 Å². The first-order chi connectivity index (χ1) is 11.1. The number of thiazole rings is 1. The van der Waals surface area contributed by atoms with Crippen LogP contribution < -0.4 is 0 Å². The molecule has 3 rings (SSSR count). The van der Waals surface area contributed by atoms with E-state index in [1.165, 1.54) is 5.01 Å².